The summed E-state index contributed by atoms with van der Waals surface area (Å²) in [7, 11) is -1.96. The maximum atomic E-state index is 13.2. The molecular weight excluding hydrogens is 456 g/mol. The molecule has 1 aromatic carbocycles. The van der Waals surface area contributed by atoms with Gasteiger partial charge < -0.3 is 9.47 Å². The minimum Gasteiger partial charge on any atom is -0.467 e. The fourth-order valence-electron chi connectivity index (χ4n) is 2.49. The first-order chi connectivity index (χ1) is 15.5. The predicted octanol–water partition coefficient (Wildman–Crippen LogP) is -0.599. The van der Waals surface area contributed by atoms with Crippen molar-refractivity contribution < 1.29 is 36.7 Å². The molecule has 0 atom stereocenters. The second-order valence-electron chi connectivity index (χ2n) is 6.73. The topological polar surface area (TPSA) is 164 Å². The number of carbonyl (C=O) groups excluding carboxylic acids is 2. The van der Waals surface area contributed by atoms with E-state index in [4.69, 9.17) is 9.57 Å². The molecule has 33 heavy (non-hydrogen) atoms. The molecule has 2 aromatic rings. The van der Waals surface area contributed by atoms with Crippen LogP contribution in [0.5, 0.6) is 6.01 Å². The van der Waals surface area contributed by atoms with E-state index in [0.29, 0.717) is 5.06 Å². The van der Waals surface area contributed by atoms with E-state index in [-0.39, 0.29) is 28.2 Å². The van der Waals surface area contributed by atoms with Gasteiger partial charge in [-0.2, -0.15) is 22.8 Å². The molecule has 1 amide bonds. The number of nitrogens with zero attached hydrogens (tertiary/aromatic N) is 4. The van der Waals surface area contributed by atoms with Gasteiger partial charge in [0.2, 0.25) is 0 Å². The maximum Gasteiger partial charge on any atom is 0.404 e. The number of hydrogen-bond acceptors (Lipinski definition) is 10. The van der Waals surface area contributed by atoms with Crippen LogP contribution in [-0.4, -0.2) is 66.6 Å². The smallest absolute Gasteiger partial charge is 0.404 e. The summed E-state index contributed by atoms with van der Waals surface area (Å²) in [5.41, 5.74) is -0.205. The number of hydroxylamine groups is 2. The highest BCUT2D eigenvalue weighted by Crippen LogP contribution is 2.14. The van der Waals surface area contributed by atoms with Crippen LogP contribution in [0.3, 0.4) is 0 Å². The summed E-state index contributed by atoms with van der Waals surface area (Å²) in [6.07, 6.45) is -0.507. The number of carbonyl (C=O) groups is 2. The fourth-order valence-corrected chi connectivity index (χ4v) is 3.68. The van der Waals surface area contributed by atoms with Gasteiger partial charge in [-0.1, -0.05) is 17.2 Å². The van der Waals surface area contributed by atoms with Crippen LogP contribution >= 0.6 is 0 Å². The molecule has 0 aliphatic rings. The number of guanidine groups is 1. The largest absolute Gasteiger partial charge is 0.467 e. The quantitative estimate of drug-likeness (QED) is 0.225. The van der Waals surface area contributed by atoms with Crippen LogP contribution in [0.1, 0.15) is 37.0 Å². The van der Waals surface area contributed by atoms with Gasteiger partial charge in [0.25, 0.3) is 5.95 Å². The normalized spacial score (nSPS) is 11.8. The summed E-state index contributed by atoms with van der Waals surface area (Å²) < 4.78 is 38.3. The molecule has 0 saturated carbocycles. The van der Waals surface area contributed by atoms with Crippen LogP contribution in [0, 0.1) is 6.92 Å². The zero-order valence-corrected chi connectivity index (χ0v) is 19.8. The number of nitrogens with one attached hydrogen (secondary N) is 2. The highest BCUT2D eigenvalue weighted by Gasteiger charge is 2.33. The molecule has 0 spiro atoms. The Balaban J connectivity index is 2.68. The van der Waals surface area contributed by atoms with Crippen molar-refractivity contribution >= 4 is 33.8 Å². The SMILES string of the molecule is COC(=O)c1ccccc1S(=O)(=O)[NH+]=C(Nc1nc(C)nc(OC)n1)N(OC(C)C)C(C)=O. The van der Waals surface area contributed by atoms with Gasteiger partial charge in [-0.15, -0.1) is 4.98 Å². The lowest BCUT2D eigenvalue weighted by Crippen LogP contribution is -2.81. The van der Waals surface area contributed by atoms with Crippen LogP contribution in [0.15, 0.2) is 29.2 Å². The minimum atomic E-state index is -4.43. The van der Waals surface area contributed by atoms with Crippen molar-refractivity contribution in [1.29, 1.82) is 0 Å². The molecule has 1 aromatic heterocycles. The van der Waals surface area contributed by atoms with E-state index < -0.39 is 34.0 Å². The number of methoxy groups -OCH3 is 2. The predicted molar refractivity (Wildman–Crippen MR) is 114 cm³/mol. The number of sulfonamides is 1. The number of esters is 1. The van der Waals surface area contributed by atoms with E-state index in [0.717, 1.165) is 7.11 Å². The number of amides is 1. The summed E-state index contributed by atoms with van der Waals surface area (Å²) in [6.45, 7) is 6.02. The molecule has 14 heteroatoms. The molecular formula is C19H25N6O7S+. The third kappa shape index (κ3) is 6.66. The van der Waals surface area contributed by atoms with Gasteiger partial charge in [-0.05, 0) is 32.9 Å². The Kier molecular flexibility index (Phi) is 8.37. The van der Waals surface area contributed by atoms with Crippen molar-refractivity contribution in [2.75, 3.05) is 19.5 Å². The highest BCUT2D eigenvalue weighted by molar-refractivity contribution is 7.84. The Bertz CT molecular complexity index is 1170. The van der Waals surface area contributed by atoms with Crippen molar-refractivity contribution in [1.82, 2.24) is 20.0 Å². The van der Waals surface area contributed by atoms with Crippen LogP contribution in [0.4, 0.5) is 5.95 Å². The summed E-state index contributed by atoms with van der Waals surface area (Å²) in [6, 6.07) is 5.38. The number of benzene rings is 1. The zero-order chi connectivity index (χ0) is 24.8. The summed E-state index contributed by atoms with van der Waals surface area (Å²) in [4.78, 5) is 41.5. The van der Waals surface area contributed by atoms with Gasteiger partial charge >= 0.3 is 33.9 Å². The highest BCUT2D eigenvalue weighted by atomic mass is 32.2. The van der Waals surface area contributed by atoms with E-state index in [9.17, 15) is 18.0 Å². The maximum absolute atomic E-state index is 13.2. The molecule has 0 bridgehead atoms. The van der Waals surface area contributed by atoms with Crippen molar-refractivity contribution in [2.45, 2.75) is 38.7 Å². The Morgan fingerprint density at radius 2 is 1.79 bits per heavy atom. The summed E-state index contributed by atoms with van der Waals surface area (Å²) >= 11 is 0. The number of hydrogen-bond donors (Lipinski definition) is 2. The Morgan fingerprint density at radius 1 is 1.12 bits per heavy atom. The number of aryl methyl sites for hydroxylation is 1. The van der Waals surface area contributed by atoms with Gasteiger partial charge in [0.1, 0.15) is 10.7 Å². The van der Waals surface area contributed by atoms with Crippen LogP contribution in [0.25, 0.3) is 0 Å². The van der Waals surface area contributed by atoms with Crippen LogP contribution in [0.2, 0.25) is 0 Å². The average molecular weight is 482 g/mol. The Labute approximate surface area is 190 Å². The number of ether oxygens (including phenoxy) is 2. The van der Waals surface area contributed by atoms with E-state index in [1.54, 1.807) is 20.8 Å². The lowest BCUT2D eigenvalue weighted by atomic mass is 10.2. The molecule has 2 rings (SSSR count). The van der Waals surface area contributed by atoms with E-state index in [1.165, 1.54) is 38.3 Å². The third-order valence-electron chi connectivity index (χ3n) is 3.76. The summed E-state index contributed by atoms with van der Waals surface area (Å²) in [5.74, 6) is -1.82. The molecule has 13 nitrogen and oxygen atoms in total. The molecule has 2 N–H and O–H groups in total. The third-order valence-corrected chi connectivity index (χ3v) is 5.15. The molecule has 0 radical (unpaired) electrons. The Hall–Kier alpha value is -3.65. The second kappa shape index (κ2) is 10.8. The number of aromatic nitrogens is 3. The fraction of sp³-hybridized carbons (Fsp3) is 0.368. The first-order valence-corrected chi connectivity index (χ1v) is 11.0. The first-order valence-electron chi connectivity index (χ1n) is 9.56. The van der Waals surface area contributed by atoms with Gasteiger partial charge in [-0.25, -0.2) is 14.9 Å². The lowest BCUT2D eigenvalue weighted by molar-refractivity contribution is -0.293. The number of anilines is 1. The second-order valence-corrected chi connectivity index (χ2v) is 8.38. The lowest BCUT2D eigenvalue weighted by Gasteiger charge is -2.17. The molecule has 0 unspecified atom stereocenters. The minimum absolute atomic E-state index is 0.0394. The molecule has 0 aliphatic heterocycles. The van der Waals surface area contributed by atoms with E-state index >= 15 is 0 Å². The first kappa shape index (κ1) is 25.6. The van der Waals surface area contributed by atoms with Gasteiger partial charge in [0.05, 0.1) is 25.9 Å². The van der Waals surface area contributed by atoms with Gasteiger partial charge in [0, 0.05) is 6.92 Å². The monoisotopic (exact) mass is 481 g/mol. The van der Waals surface area contributed by atoms with Crippen molar-refractivity contribution in [2.24, 2.45) is 0 Å². The van der Waals surface area contributed by atoms with Gasteiger partial charge in [0.15, 0.2) is 0 Å². The molecule has 0 fully saturated rings. The molecule has 0 saturated heterocycles. The average Bonchev–Trinajstić information content (AvgIpc) is 2.75. The van der Waals surface area contributed by atoms with E-state index in [2.05, 4.69) is 29.4 Å². The van der Waals surface area contributed by atoms with Crippen LogP contribution in [-0.2, 0) is 24.4 Å². The zero-order valence-electron chi connectivity index (χ0n) is 18.9. The Morgan fingerprint density at radius 3 is 2.36 bits per heavy atom. The molecule has 0 aliphatic carbocycles. The molecule has 178 valence electrons. The van der Waals surface area contributed by atoms with Crippen molar-refractivity contribution in [3.05, 3.63) is 35.7 Å². The molecule has 1 heterocycles. The summed E-state index contributed by atoms with van der Waals surface area (Å²) in [5, 5.41) is 3.32. The van der Waals surface area contributed by atoms with Crippen molar-refractivity contribution in [3.63, 3.8) is 0 Å². The van der Waals surface area contributed by atoms with Crippen molar-refractivity contribution in [3.8, 4) is 6.01 Å². The standard InChI is InChI=1S/C19H24N6O7S/c1-11(2)32-25(13(4)26)18(22-17-20-12(3)21-19(23-17)31-6)24-33(28,29)15-10-8-7-9-14(15)16(27)30-5/h7-11H,1-6H3,(H,20,21,22,23,24)/p+1. The van der Waals surface area contributed by atoms with E-state index in [1.807, 2.05) is 0 Å². The van der Waals surface area contributed by atoms with Gasteiger partial charge in [-0.3, -0.25) is 4.79 Å². The number of rotatable bonds is 7. The van der Waals surface area contributed by atoms with Crippen LogP contribution < -0.4 is 14.5 Å².